The molecule has 1 aromatic carbocycles. The topological polar surface area (TPSA) is 64.4 Å². The highest BCUT2D eigenvalue weighted by atomic mass is 32.2. The van der Waals surface area contributed by atoms with Crippen LogP contribution in [0.4, 0.5) is 0 Å². The van der Waals surface area contributed by atoms with E-state index in [0.29, 0.717) is 43.5 Å². The summed E-state index contributed by atoms with van der Waals surface area (Å²) in [7, 11) is -3.43. The molecular formula is C18H27N3O2S. The molecule has 0 N–H and O–H groups in total. The molecule has 0 bridgehead atoms. The van der Waals surface area contributed by atoms with E-state index < -0.39 is 10.0 Å². The van der Waals surface area contributed by atoms with Gasteiger partial charge in [-0.05, 0) is 37.0 Å². The van der Waals surface area contributed by atoms with Gasteiger partial charge in [-0.2, -0.15) is 9.57 Å². The first kappa shape index (κ1) is 18.9. The number of nitrogens with zero attached hydrogens (tertiary/aromatic N) is 3. The molecular weight excluding hydrogens is 322 g/mol. The van der Waals surface area contributed by atoms with Crippen LogP contribution < -0.4 is 0 Å². The van der Waals surface area contributed by atoms with Crippen molar-refractivity contribution >= 4 is 10.0 Å². The fourth-order valence-corrected chi connectivity index (χ4v) is 4.36. The van der Waals surface area contributed by atoms with E-state index in [4.69, 9.17) is 5.26 Å². The second kappa shape index (κ2) is 8.11. The van der Waals surface area contributed by atoms with Gasteiger partial charge >= 0.3 is 0 Å². The van der Waals surface area contributed by atoms with Gasteiger partial charge in [0, 0.05) is 32.7 Å². The molecule has 1 heterocycles. The van der Waals surface area contributed by atoms with Crippen molar-refractivity contribution in [2.45, 2.75) is 38.0 Å². The van der Waals surface area contributed by atoms with Gasteiger partial charge in [-0.15, -0.1) is 0 Å². The minimum absolute atomic E-state index is 0.0266. The number of hydrogen-bond donors (Lipinski definition) is 0. The fourth-order valence-electron chi connectivity index (χ4n) is 2.93. The maximum Gasteiger partial charge on any atom is 0.243 e. The predicted octanol–water partition coefficient (Wildman–Crippen LogP) is 2.67. The van der Waals surface area contributed by atoms with Crippen LogP contribution in [0, 0.1) is 17.2 Å². The standard InChI is InChI=1S/C18H27N3O2S/c1-4-16(3)17-5-7-18(8-6-17)24(22,23)21-11-9-20(10-12-21)14-15(2)13-19/h5-8,15-16H,4,9-12,14H2,1-3H3/t15-,16-/m0/s1. The molecule has 1 fully saturated rings. The largest absolute Gasteiger partial charge is 0.299 e. The Morgan fingerprint density at radius 2 is 1.71 bits per heavy atom. The average molecular weight is 350 g/mol. The van der Waals surface area contributed by atoms with Crippen LogP contribution in [-0.4, -0.2) is 50.3 Å². The third kappa shape index (κ3) is 4.35. The summed E-state index contributed by atoms with van der Waals surface area (Å²) in [5.74, 6) is 0.411. The van der Waals surface area contributed by atoms with Crippen LogP contribution in [0.2, 0.25) is 0 Å². The zero-order valence-electron chi connectivity index (χ0n) is 14.8. The van der Waals surface area contributed by atoms with Crippen LogP contribution in [0.3, 0.4) is 0 Å². The van der Waals surface area contributed by atoms with Crippen molar-refractivity contribution in [3.8, 4) is 6.07 Å². The van der Waals surface area contributed by atoms with Gasteiger partial charge in [-0.25, -0.2) is 8.42 Å². The number of rotatable bonds is 6. The quantitative estimate of drug-likeness (QED) is 0.792. The molecule has 0 saturated carbocycles. The lowest BCUT2D eigenvalue weighted by Crippen LogP contribution is -2.49. The minimum Gasteiger partial charge on any atom is -0.299 e. The molecule has 6 heteroatoms. The van der Waals surface area contributed by atoms with E-state index in [9.17, 15) is 8.42 Å². The maximum absolute atomic E-state index is 12.8. The lowest BCUT2D eigenvalue weighted by Gasteiger charge is -2.34. The number of benzene rings is 1. The van der Waals surface area contributed by atoms with Crippen LogP contribution in [-0.2, 0) is 10.0 Å². The van der Waals surface area contributed by atoms with Gasteiger partial charge in [-0.1, -0.05) is 26.0 Å². The Morgan fingerprint density at radius 3 is 2.21 bits per heavy atom. The molecule has 1 aliphatic rings. The monoisotopic (exact) mass is 349 g/mol. The minimum atomic E-state index is -3.43. The van der Waals surface area contributed by atoms with Gasteiger partial charge in [0.25, 0.3) is 0 Å². The molecule has 0 radical (unpaired) electrons. The Bertz CT molecular complexity index is 671. The zero-order valence-corrected chi connectivity index (χ0v) is 15.6. The Kier molecular flexibility index (Phi) is 6.39. The average Bonchev–Trinajstić information content (AvgIpc) is 2.61. The lowest BCUT2D eigenvalue weighted by molar-refractivity contribution is 0.178. The van der Waals surface area contributed by atoms with Crippen molar-refractivity contribution in [2.75, 3.05) is 32.7 Å². The normalized spacial score (nSPS) is 19.6. The van der Waals surface area contributed by atoms with Crippen LogP contribution in [0.5, 0.6) is 0 Å². The van der Waals surface area contributed by atoms with Gasteiger partial charge in [-0.3, -0.25) is 4.90 Å². The molecule has 0 amide bonds. The van der Waals surface area contributed by atoms with Crippen molar-refractivity contribution in [1.29, 1.82) is 5.26 Å². The molecule has 1 aromatic rings. The Hall–Kier alpha value is -1.42. The van der Waals surface area contributed by atoms with E-state index in [-0.39, 0.29) is 5.92 Å². The first-order valence-corrected chi connectivity index (χ1v) is 10.0. The molecule has 1 aliphatic heterocycles. The second-order valence-corrected chi connectivity index (χ2v) is 8.55. The fraction of sp³-hybridized carbons (Fsp3) is 0.611. The molecule has 1 saturated heterocycles. The molecule has 132 valence electrons. The van der Waals surface area contributed by atoms with Gasteiger partial charge in [0.2, 0.25) is 10.0 Å². The van der Waals surface area contributed by atoms with Crippen molar-refractivity contribution < 1.29 is 8.42 Å². The summed E-state index contributed by atoms with van der Waals surface area (Å²) < 4.78 is 27.1. The summed E-state index contributed by atoms with van der Waals surface area (Å²) in [6.45, 7) is 9.18. The molecule has 2 atom stereocenters. The Labute approximate surface area is 145 Å². The van der Waals surface area contributed by atoms with Gasteiger partial charge in [0.05, 0.1) is 16.9 Å². The molecule has 0 unspecified atom stereocenters. The molecule has 0 spiro atoms. The van der Waals surface area contributed by atoms with Crippen molar-refractivity contribution in [3.05, 3.63) is 29.8 Å². The molecule has 2 rings (SSSR count). The van der Waals surface area contributed by atoms with E-state index in [0.717, 1.165) is 6.42 Å². The molecule has 0 aromatic heterocycles. The summed E-state index contributed by atoms with van der Waals surface area (Å²) in [4.78, 5) is 2.53. The summed E-state index contributed by atoms with van der Waals surface area (Å²) in [6.07, 6.45) is 1.04. The SMILES string of the molecule is CC[C@H](C)c1ccc(S(=O)(=O)N2CCN(C[C@@H](C)C#N)CC2)cc1. The van der Waals surface area contributed by atoms with Crippen LogP contribution >= 0.6 is 0 Å². The van der Waals surface area contributed by atoms with E-state index in [1.807, 2.05) is 19.1 Å². The Balaban J connectivity index is 2.03. The van der Waals surface area contributed by atoms with E-state index in [1.54, 1.807) is 16.4 Å². The zero-order chi connectivity index (χ0) is 17.7. The van der Waals surface area contributed by atoms with Crippen LogP contribution in [0.15, 0.2) is 29.2 Å². The summed E-state index contributed by atoms with van der Waals surface area (Å²) >= 11 is 0. The van der Waals surface area contributed by atoms with Gasteiger partial charge < -0.3 is 0 Å². The number of sulfonamides is 1. The summed E-state index contributed by atoms with van der Waals surface area (Å²) in [5, 5.41) is 8.89. The smallest absolute Gasteiger partial charge is 0.243 e. The third-order valence-corrected chi connectivity index (χ3v) is 6.70. The second-order valence-electron chi connectivity index (χ2n) is 6.61. The molecule has 24 heavy (non-hydrogen) atoms. The highest BCUT2D eigenvalue weighted by Crippen LogP contribution is 2.23. The molecule has 0 aliphatic carbocycles. The summed E-state index contributed by atoms with van der Waals surface area (Å²) in [6, 6.07) is 9.52. The van der Waals surface area contributed by atoms with Crippen molar-refractivity contribution in [1.82, 2.24) is 9.21 Å². The van der Waals surface area contributed by atoms with Gasteiger partial charge in [0.1, 0.15) is 0 Å². The van der Waals surface area contributed by atoms with E-state index >= 15 is 0 Å². The van der Waals surface area contributed by atoms with Crippen LogP contribution in [0.1, 0.15) is 38.7 Å². The predicted molar refractivity (Wildman–Crippen MR) is 95.1 cm³/mol. The lowest BCUT2D eigenvalue weighted by atomic mass is 9.99. The van der Waals surface area contributed by atoms with E-state index in [1.165, 1.54) is 5.56 Å². The Morgan fingerprint density at radius 1 is 1.12 bits per heavy atom. The number of nitriles is 1. The number of piperazine rings is 1. The first-order valence-electron chi connectivity index (χ1n) is 8.60. The highest BCUT2D eigenvalue weighted by molar-refractivity contribution is 7.89. The highest BCUT2D eigenvalue weighted by Gasteiger charge is 2.28. The van der Waals surface area contributed by atoms with E-state index in [2.05, 4.69) is 24.8 Å². The summed E-state index contributed by atoms with van der Waals surface area (Å²) in [5.41, 5.74) is 1.17. The molecule has 5 nitrogen and oxygen atoms in total. The van der Waals surface area contributed by atoms with Crippen molar-refractivity contribution in [3.63, 3.8) is 0 Å². The number of hydrogen-bond acceptors (Lipinski definition) is 4. The maximum atomic E-state index is 12.8. The van der Waals surface area contributed by atoms with Crippen molar-refractivity contribution in [2.24, 2.45) is 5.92 Å². The van der Waals surface area contributed by atoms with Gasteiger partial charge in [0.15, 0.2) is 0 Å². The first-order chi connectivity index (χ1) is 11.4. The third-order valence-electron chi connectivity index (χ3n) is 4.78. The van der Waals surface area contributed by atoms with Crippen LogP contribution in [0.25, 0.3) is 0 Å².